The summed E-state index contributed by atoms with van der Waals surface area (Å²) >= 11 is 0. The highest BCUT2D eigenvalue weighted by Gasteiger charge is 2.27. The van der Waals surface area contributed by atoms with Gasteiger partial charge in [0.05, 0.1) is 0 Å². The number of ether oxygens (including phenoxy) is 1. The fraction of sp³-hybridized carbons (Fsp3) is 0.909. The third-order valence-electron chi connectivity index (χ3n) is 2.47. The van der Waals surface area contributed by atoms with Crippen LogP contribution in [0.1, 0.15) is 27.7 Å². The van der Waals surface area contributed by atoms with E-state index < -0.39 is 11.9 Å². The van der Waals surface area contributed by atoms with E-state index in [1.807, 2.05) is 20.8 Å². The molecule has 1 saturated heterocycles. The van der Waals surface area contributed by atoms with Crippen LogP contribution in [-0.2, 0) is 4.74 Å². The van der Waals surface area contributed by atoms with Crippen LogP contribution in [0.25, 0.3) is 0 Å². The molecule has 0 spiro atoms. The predicted octanol–water partition coefficient (Wildman–Crippen LogP) is 1.85. The molecule has 1 amide bonds. The number of piperazine rings is 1. The Hall–Kier alpha value is -0.840. The molecule has 1 unspecified atom stereocenters. The van der Waals surface area contributed by atoms with E-state index in [2.05, 4.69) is 0 Å². The molecule has 0 aromatic heterocycles. The van der Waals surface area contributed by atoms with Gasteiger partial charge in [-0.2, -0.15) is 0 Å². The van der Waals surface area contributed by atoms with Crippen LogP contribution in [0.4, 0.5) is 9.18 Å². The monoisotopic (exact) mass is 232 g/mol. The van der Waals surface area contributed by atoms with Gasteiger partial charge >= 0.3 is 6.09 Å². The molecule has 94 valence electrons. The van der Waals surface area contributed by atoms with Crippen LogP contribution in [0.5, 0.6) is 0 Å². The standard InChI is InChI=1S/C11H21FN2O2/c1-9(12)13-5-7-14(8-6-13)10(15)16-11(2,3)4/h9H,5-8H2,1-4H3. The van der Waals surface area contributed by atoms with Crippen LogP contribution in [-0.4, -0.2) is 54.0 Å². The minimum atomic E-state index is -0.944. The Morgan fingerprint density at radius 3 is 2.12 bits per heavy atom. The molecule has 0 saturated carbocycles. The first-order valence-corrected chi connectivity index (χ1v) is 5.65. The molecule has 0 aliphatic carbocycles. The van der Waals surface area contributed by atoms with E-state index in [4.69, 9.17) is 4.74 Å². The smallest absolute Gasteiger partial charge is 0.410 e. The van der Waals surface area contributed by atoms with Gasteiger partial charge in [-0.3, -0.25) is 4.90 Å². The highest BCUT2D eigenvalue weighted by Crippen LogP contribution is 2.13. The highest BCUT2D eigenvalue weighted by atomic mass is 19.1. The molecule has 5 heteroatoms. The normalized spacial score (nSPS) is 20.7. The van der Waals surface area contributed by atoms with E-state index in [-0.39, 0.29) is 6.09 Å². The summed E-state index contributed by atoms with van der Waals surface area (Å²) in [5, 5.41) is 0. The summed E-state index contributed by atoms with van der Waals surface area (Å²) in [6.07, 6.45) is -1.25. The van der Waals surface area contributed by atoms with Crippen LogP contribution in [0.2, 0.25) is 0 Å². The van der Waals surface area contributed by atoms with E-state index in [1.165, 1.54) is 6.92 Å². The Bertz CT molecular complexity index is 243. The van der Waals surface area contributed by atoms with Crippen LogP contribution in [0.15, 0.2) is 0 Å². The van der Waals surface area contributed by atoms with Crippen molar-refractivity contribution in [2.24, 2.45) is 0 Å². The van der Waals surface area contributed by atoms with Crippen molar-refractivity contribution < 1.29 is 13.9 Å². The van der Waals surface area contributed by atoms with Gasteiger partial charge in [-0.05, 0) is 27.7 Å². The number of carbonyl (C=O) groups is 1. The number of carbonyl (C=O) groups excluding carboxylic acids is 1. The second-order valence-electron chi connectivity index (χ2n) is 5.08. The van der Waals surface area contributed by atoms with Crippen molar-refractivity contribution in [2.45, 2.75) is 39.6 Å². The van der Waals surface area contributed by atoms with Gasteiger partial charge in [-0.1, -0.05) is 0 Å². The van der Waals surface area contributed by atoms with Crippen LogP contribution >= 0.6 is 0 Å². The lowest BCUT2D eigenvalue weighted by Crippen LogP contribution is -2.51. The number of hydrogen-bond donors (Lipinski definition) is 0. The summed E-state index contributed by atoms with van der Waals surface area (Å²) in [5.41, 5.74) is -0.471. The van der Waals surface area contributed by atoms with Crippen molar-refractivity contribution in [2.75, 3.05) is 26.2 Å². The lowest BCUT2D eigenvalue weighted by molar-refractivity contribution is 0.0000995. The SMILES string of the molecule is CC(F)N1CCN(C(=O)OC(C)(C)C)CC1. The number of hydrogen-bond acceptors (Lipinski definition) is 3. The number of rotatable bonds is 1. The van der Waals surface area contributed by atoms with Gasteiger partial charge in [0.15, 0.2) is 6.30 Å². The summed E-state index contributed by atoms with van der Waals surface area (Å²) in [7, 11) is 0. The molecule has 1 aliphatic heterocycles. The maximum atomic E-state index is 13.0. The van der Waals surface area contributed by atoms with Gasteiger partial charge < -0.3 is 9.64 Å². The average molecular weight is 232 g/mol. The van der Waals surface area contributed by atoms with Crippen molar-refractivity contribution in [1.29, 1.82) is 0 Å². The molecule has 0 bridgehead atoms. The summed E-state index contributed by atoms with van der Waals surface area (Å²) in [4.78, 5) is 15.0. The molecular weight excluding hydrogens is 211 g/mol. The van der Waals surface area contributed by atoms with Gasteiger partial charge in [-0.25, -0.2) is 9.18 Å². The van der Waals surface area contributed by atoms with Gasteiger partial charge in [0.25, 0.3) is 0 Å². The molecule has 1 rings (SSSR count). The Morgan fingerprint density at radius 2 is 1.75 bits per heavy atom. The molecule has 0 aromatic carbocycles. The third-order valence-corrected chi connectivity index (χ3v) is 2.47. The topological polar surface area (TPSA) is 32.8 Å². The Morgan fingerprint density at radius 1 is 1.25 bits per heavy atom. The molecule has 0 radical (unpaired) electrons. The van der Waals surface area contributed by atoms with Crippen LogP contribution < -0.4 is 0 Å². The maximum Gasteiger partial charge on any atom is 0.410 e. The second kappa shape index (κ2) is 4.99. The molecular formula is C11H21FN2O2. The van der Waals surface area contributed by atoms with Gasteiger partial charge in [-0.15, -0.1) is 0 Å². The molecule has 1 atom stereocenters. The maximum absolute atomic E-state index is 13.0. The van der Waals surface area contributed by atoms with Crippen LogP contribution in [0, 0.1) is 0 Å². The Balaban J connectivity index is 2.39. The minimum absolute atomic E-state index is 0.307. The summed E-state index contributed by atoms with van der Waals surface area (Å²) < 4.78 is 18.2. The molecule has 1 fully saturated rings. The fourth-order valence-corrected chi connectivity index (χ4v) is 1.59. The van der Waals surface area contributed by atoms with Crippen molar-refractivity contribution in [3.8, 4) is 0 Å². The predicted molar refractivity (Wildman–Crippen MR) is 60.0 cm³/mol. The average Bonchev–Trinajstić information content (AvgIpc) is 2.15. The quantitative estimate of drug-likeness (QED) is 0.647. The molecule has 16 heavy (non-hydrogen) atoms. The lowest BCUT2D eigenvalue weighted by atomic mass is 10.2. The van der Waals surface area contributed by atoms with Crippen molar-refractivity contribution in [3.63, 3.8) is 0 Å². The zero-order valence-corrected chi connectivity index (χ0v) is 10.5. The van der Waals surface area contributed by atoms with Crippen molar-refractivity contribution in [3.05, 3.63) is 0 Å². The molecule has 0 aromatic rings. The summed E-state index contributed by atoms with van der Waals surface area (Å²) in [5.74, 6) is 0. The zero-order chi connectivity index (χ0) is 12.3. The van der Waals surface area contributed by atoms with Crippen LogP contribution in [0.3, 0.4) is 0 Å². The number of nitrogens with zero attached hydrogens (tertiary/aromatic N) is 2. The number of halogens is 1. The zero-order valence-electron chi connectivity index (χ0n) is 10.5. The second-order valence-corrected chi connectivity index (χ2v) is 5.08. The minimum Gasteiger partial charge on any atom is -0.444 e. The largest absolute Gasteiger partial charge is 0.444 e. The Kier molecular flexibility index (Phi) is 4.13. The summed E-state index contributed by atoms with van der Waals surface area (Å²) in [6.45, 7) is 9.23. The summed E-state index contributed by atoms with van der Waals surface area (Å²) in [6, 6.07) is 0. The van der Waals surface area contributed by atoms with E-state index in [0.717, 1.165) is 0 Å². The molecule has 0 N–H and O–H groups in total. The van der Waals surface area contributed by atoms with E-state index in [1.54, 1.807) is 9.80 Å². The molecule has 4 nitrogen and oxygen atoms in total. The van der Waals surface area contributed by atoms with E-state index in [9.17, 15) is 9.18 Å². The molecule has 1 aliphatic rings. The highest BCUT2D eigenvalue weighted by molar-refractivity contribution is 5.68. The van der Waals surface area contributed by atoms with Gasteiger partial charge in [0.2, 0.25) is 0 Å². The first-order chi connectivity index (χ1) is 7.29. The van der Waals surface area contributed by atoms with Crippen molar-refractivity contribution >= 4 is 6.09 Å². The Labute approximate surface area is 96.3 Å². The lowest BCUT2D eigenvalue weighted by Gasteiger charge is -2.36. The van der Waals surface area contributed by atoms with Crippen molar-refractivity contribution in [1.82, 2.24) is 9.80 Å². The first-order valence-electron chi connectivity index (χ1n) is 5.65. The van der Waals surface area contributed by atoms with Gasteiger partial charge in [0.1, 0.15) is 5.60 Å². The third kappa shape index (κ3) is 3.96. The van der Waals surface area contributed by atoms with E-state index in [0.29, 0.717) is 26.2 Å². The fourth-order valence-electron chi connectivity index (χ4n) is 1.59. The number of amides is 1. The van der Waals surface area contributed by atoms with Gasteiger partial charge in [0, 0.05) is 26.2 Å². The van der Waals surface area contributed by atoms with E-state index >= 15 is 0 Å². The first kappa shape index (κ1) is 13.2. The number of alkyl halides is 1. The molecule has 1 heterocycles.